The number of benzene rings is 1. The predicted molar refractivity (Wildman–Crippen MR) is 72.3 cm³/mol. The molecule has 0 aliphatic carbocycles. The average molecular weight is 262 g/mol. The molecule has 19 heavy (non-hydrogen) atoms. The van der Waals surface area contributed by atoms with Crippen LogP contribution >= 0.6 is 0 Å². The van der Waals surface area contributed by atoms with Gasteiger partial charge in [-0.3, -0.25) is 4.79 Å². The van der Waals surface area contributed by atoms with E-state index < -0.39 is 5.97 Å². The van der Waals surface area contributed by atoms with Crippen molar-refractivity contribution in [3.05, 3.63) is 29.3 Å². The number of carbonyl (C=O) groups is 2. The minimum Gasteiger partial charge on any atom is -0.478 e. The van der Waals surface area contributed by atoms with Gasteiger partial charge in [0.1, 0.15) is 0 Å². The highest BCUT2D eigenvalue weighted by molar-refractivity contribution is 5.98. The summed E-state index contributed by atoms with van der Waals surface area (Å²) in [5, 5.41) is 8.95. The van der Waals surface area contributed by atoms with E-state index in [9.17, 15) is 9.59 Å². The van der Waals surface area contributed by atoms with E-state index in [-0.39, 0.29) is 17.4 Å². The summed E-state index contributed by atoms with van der Waals surface area (Å²) >= 11 is 0. The number of anilines is 1. The Kier molecular flexibility index (Phi) is 3.85. The molecule has 1 amide bonds. The lowest BCUT2D eigenvalue weighted by atomic mass is 10.1. The summed E-state index contributed by atoms with van der Waals surface area (Å²) in [6.45, 7) is 2.98. The van der Waals surface area contributed by atoms with Crippen molar-refractivity contribution in [3.63, 3.8) is 0 Å². The van der Waals surface area contributed by atoms with Crippen LogP contribution in [0.25, 0.3) is 0 Å². The summed E-state index contributed by atoms with van der Waals surface area (Å²) in [6.07, 6.45) is 1.37. The number of nitrogens with two attached hydrogens (primary N) is 1. The number of hydrogen-bond donors (Lipinski definition) is 2. The highest BCUT2D eigenvalue weighted by Crippen LogP contribution is 2.30. The van der Waals surface area contributed by atoms with Crippen molar-refractivity contribution in [1.82, 2.24) is 0 Å². The van der Waals surface area contributed by atoms with Gasteiger partial charge in [0.2, 0.25) is 5.91 Å². The molecule has 0 aromatic heterocycles. The zero-order valence-electron chi connectivity index (χ0n) is 10.9. The Bertz CT molecular complexity index is 513. The fourth-order valence-corrected chi connectivity index (χ4v) is 2.40. The number of fused-ring (bicyclic) bond motifs is 1. The Hall–Kier alpha value is -1.88. The maximum absolute atomic E-state index is 12.3. The van der Waals surface area contributed by atoms with Crippen LogP contribution in [0.4, 0.5) is 5.69 Å². The van der Waals surface area contributed by atoms with Crippen LogP contribution in [0.2, 0.25) is 0 Å². The first-order chi connectivity index (χ1) is 9.04. The second kappa shape index (κ2) is 5.40. The van der Waals surface area contributed by atoms with Gasteiger partial charge in [-0.2, -0.15) is 0 Å². The first-order valence-corrected chi connectivity index (χ1v) is 6.42. The summed E-state index contributed by atoms with van der Waals surface area (Å²) in [5.41, 5.74) is 7.50. The predicted octanol–water partition coefficient (Wildman–Crippen LogP) is 1.26. The van der Waals surface area contributed by atoms with Crippen LogP contribution in [0, 0.1) is 5.92 Å². The molecular formula is C14H18N2O3. The maximum atomic E-state index is 12.3. The second-order valence-electron chi connectivity index (χ2n) is 4.87. The minimum absolute atomic E-state index is 0.0623. The number of carboxylic acid groups (broad SMARTS) is 1. The van der Waals surface area contributed by atoms with E-state index in [4.69, 9.17) is 10.8 Å². The molecule has 0 saturated heterocycles. The van der Waals surface area contributed by atoms with Crippen LogP contribution in [0.15, 0.2) is 18.2 Å². The van der Waals surface area contributed by atoms with Crippen molar-refractivity contribution < 1.29 is 14.7 Å². The standard InChI is InChI=1S/C14H18N2O3/c1-9(4-6-15)13(17)16-7-5-10-8-11(14(18)19)2-3-12(10)16/h2-3,8-9H,4-7,15H2,1H3,(H,18,19). The number of hydrogen-bond acceptors (Lipinski definition) is 3. The number of amides is 1. The molecule has 1 aromatic rings. The maximum Gasteiger partial charge on any atom is 0.335 e. The summed E-state index contributed by atoms with van der Waals surface area (Å²) in [7, 11) is 0. The van der Waals surface area contributed by atoms with Gasteiger partial charge in [-0.25, -0.2) is 4.79 Å². The van der Waals surface area contributed by atoms with E-state index in [0.717, 1.165) is 11.3 Å². The van der Waals surface area contributed by atoms with Gasteiger partial charge in [-0.1, -0.05) is 6.92 Å². The van der Waals surface area contributed by atoms with E-state index >= 15 is 0 Å². The first-order valence-electron chi connectivity index (χ1n) is 6.42. The highest BCUT2D eigenvalue weighted by Gasteiger charge is 2.28. The molecule has 0 fully saturated rings. The van der Waals surface area contributed by atoms with Gasteiger partial charge in [0.15, 0.2) is 0 Å². The number of aromatic carboxylic acids is 1. The normalized spacial score (nSPS) is 15.2. The third kappa shape index (κ3) is 2.61. The third-order valence-corrected chi connectivity index (χ3v) is 3.51. The molecule has 1 aromatic carbocycles. The van der Waals surface area contributed by atoms with Crippen molar-refractivity contribution in [2.24, 2.45) is 11.7 Å². The zero-order chi connectivity index (χ0) is 14.0. The van der Waals surface area contributed by atoms with Crippen LogP contribution in [0.5, 0.6) is 0 Å². The molecule has 1 unspecified atom stereocenters. The number of rotatable bonds is 4. The summed E-state index contributed by atoms with van der Waals surface area (Å²) in [4.78, 5) is 24.9. The molecule has 2 rings (SSSR count). The van der Waals surface area contributed by atoms with Crippen molar-refractivity contribution in [3.8, 4) is 0 Å². The number of carbonyl (C=O) groups excluding carboxylic acids is 1. The SMILES string of the molecule is CC(CCN)C(=O)N1CCc2cc(C(=O)O)ccc21. The van der Waals surface area contributed by atoms with Gasteiger partial charge < -0.3 is 15.7 Å². The van der Waals surface area contributed by atoms with Gasteiger partial charge in [0.05, 0.1) is 5.56 Å². The smallest absolute Gasteiger partial charge is 0.335 e. The molecule has 1 atom stereocenters. The molecule has 0 spiro atoms. The Morgan fingerprint density at radius 1 is 1.47 bits per heavy atom. The highest BCUT2D eigenvalue weighted by atomic mass is 16.4. The van der Waals surface area contributed by atoms with Crippen LogP contribution in [-0.2, 0) is 11.2 Å². The van der Waals surface area contributed by atoms with Crippen LogP contribution in [0.3, 0.4) is 0 Å². The molecule has 5 heteroatoms. The van der Waals surface area contributed by atoms with Crippen LogP contribution in [-0.4, -0.2) is 30.1 Å². The molecule has 1 heterocycles. The molecule has 5 nitrogen and oxygen atoms in total. The largest absolute Gasteiger partial charge is 0.478 e. The molecule has 0 saturated carbocycles. The second-order valence-corrected chi connectivity index (χ2v) is 4.87. The lowest BCUT2D eigenvalue weighted by Gasteiger charge is -2.21. The number of nitrogens with zero attached hydrogens (tertiary/aromatic N) is 1. The molecule has 1 aliphatic rings. The monoisotopic (exact) mass is 262 g/mol. The molecule has 1 aliphatic heterocycles. The Labute approximate surface area is 112 Å². The van der Waals surface area contributed by atoms with Gasteiger partial charge in [0, 0.05) is 18.2 Å². The minimum atomic E-state index is -0.941. The zero-order valence-corrected chi connectivity index (χ0v) is 10.9. The number of carboxylic acids is 1. The summed E-state index contributed by atoms with van der Waals surface area (Å²) < 4.78 is 0. The van der Waals surface area contributed by atoms with Gasteiger partial charge in [0.25, 0.3) is 0 Å². The molecule has 0 radical (unpaired) electrons. The fourth-order valence-electron chi connectivity index (χ4n) is 2.40. The molecule has 102 valence electrons. The first kappa shape index (κ1) is 13.5. The van der Waals surface area contributed by atoms with Gasteiger partial charge in [-0.15, -0.1) is 0 Å². The van der Waals surface area contributed by atoms with E-state index in [1.807, 2.05) is 6.92 Å². The van der Waals surface area contributed by atoms with E-state index in [2.05, 4.69) is 0 Å². The summed E-state index contributed by atoms with van der Waals surface area (Å²) in [6, 6.07) is 4.91. The van der Waals surface area contributed by atoms with Crippen molar-refractivity contribution in [2.75, 3.05) is 18.0 Å². The van der Waals surface area contributed by atoms with Crippen molar-refractivity contribution in [1.29, 1.82) is 0 Å². The fraction of sp³-hybridized carbons (Fsp3) is 0.429. The molecule has 0 bridgehead atoms. The topological polar surface area (TPSA) is 83.6 Å². The Morgan fingerprint density at radius 2 is 2.21 bits per heavy atom. The lowest BCUT2D eigenvalue weighted by molar-refractivity contribution is -0.121. The third-order valence-electron chi connectivity index (χ3n) is 3.51. The van der Waals surface area contributed by atoms with Crippen LogP contribution < -0.4 is 10.6 Å². The molecular weight excluding hydrogens is 244 g/mol. The van der Waals surface area contributed by atoms with E-state index in [1.54, 1.807) is 23.1 Å². The van der Waals surface area contributed by atoms with E-state index in [1.165, 1.54) is 0 Å². The van der Waals surface area contributed by atoms with Crippen molar-refractivity contribution in [2.45, 2.75) is 19.8 Å². The summed E-state index contributed by atoms with van der Waals surface area (Å²) in [5.74, 6) is -0.980. The van der Waals surface area contributed by atoms with Crippen molar-refractivity contribution >= 4 is 17.6 Å². The lowest BCUT2D eigenvalue weighted by Crippen LogP contribution is -2.34. The quantitative estimate of drug-likeness (QED) is 0.855. The van der Waals surface area contributed by atoms with Crippen LogP contribution in [0.1, 0.15) is 29.3 Å². The van der Waals surface area contributed by atoms with Gasteiger partial charge in [-0.05, 0) is 43.1 Å². The average Bonchev–Trinajstić information content (AvgIpc) is 2.80. The molecule has 3 N–H and O–H groups in total. The van der Waals surface area contributed by atoms with E-state index in [0.29, 0.717) is 25.9 Å². The van der Waals surface area contributed by atoms with Gasteiger partial charge >= 0.3 is 5.97 Å². The Balaban J connectivity index is 2.23. The Morgan fingerprint density at radius 3 is 2.84 bits per heavy atom.